The quantitative estimate of drug-likeness (QED) is 0.274. The molecule has 0 spiro atoms. The number of hydrogen-bond acceptors (Lipinski definition) is 4. The van der Waals surface area contributed by atoms with Crippen LogP contribution in [0.2, 0.25) is 0 Å². The van der Waals surface area contributed by atoms with Crippen LogP contribution in [0.25, 0.3) is 0 Å². The molecule has 5 N–H and O–H groups in total. The summed E-state index contributed by atoms with van der Waals surface area (Å²) in [7, 11) is 0. The summed E-state index contributed by atoms with van der Waals surface area (Å²) < 4.78 is 0. The zero-order chi connectivity index (χ0) is 7.98. The topological polar surface area (TPSA) is 98.6 Å². The molecule has 0 aromatic rings. The highest BCUT2D eigenvalue weighted by molar-refractivity contribution is 5.85. The molecule has 0 fully saturated rings. The molecule has 0 aromatic carbocycles. The smallest absolute Gasteiger partial charge is 0.351 e. The number of rotatable bonds is 4. The molecule has 0 radical (unpaired) electrons. The molecule has 0 aliphatic heterocycles. The minimum Gasteiger partial charge on any atom is -0.477 e. The van der Waals surface area contributed by atoms with Crippen LogP contribution in [-0.2, 0) is 9.63 Å². The van der Waals surface area contributed by atoms with Gasteiger partial charge in [0, 0.05) is 0 Å². The third-order valence-electron chi connectivity index (χ3n) is 0.847. The van der Waals surface area contributed by atoms with Crippen molar-refractivity contribution in [1.82, 2.24) is 0 Å². The molecule has 0 bridgehead atoms. The van der Waals surface area contributed by atoms with Gasteiger partial charge in [0.1, 0.15) is 5.70 Å². The van der Waals surface area contributed by atoms with E-state index < -0.39 is 5.97 Å². The second-order valence-electron chi connectivity index (χ2n) is 1.62. The Labute approximate surface area is 58.2 Å². The highest BCUT2D eigenvalue weighted by atomic mass is 16.6. The second kappa shape index (κ2) is 4.78. The molecule has 0 amide bonds. The van der Waals surface area contributed by atoms with E-state index >= 15 is 0 Å². The van der Waals surface area contributed by atoms with Crippen LogP contribution in [0.3, 0.4) is 0 Å². The maximum Gasteiger partial charge on any atom is 0.351 e. The van der Waals surface area contributed by atoms with Gasteiger partial charge in [-0.15, -0.1) is 0 Å². The highest BCUT2D eigenvalue weighted by Crippen LogP contribution is 1.87. The Morgan fingerprint density at radius 3 is 2.70 bits per heavy atom. The Morgan fingerprint density at radius 2 is 2.30 bits per heavy atom. The zero-order valence-corrected chi connectivity index (χ0v) is 5.41. The number of aliphatic carboxylic acids is 1. The summed E-state index contributed by atoms with van der Waals surface area (Å²) in [5.74, 6) is 3.55. The second-order valence-corrected chi connectivity index (χ2v) is 1.62. The monoisotopic (exact) mass is 146 g/mol. The molecule has 0 atom stereocenters. The largest absolute Gasteiger partial charge is 0.477 e. The Hall–Kier alpha value is -1.07. The summed E-state index contributed by atoms with van der Waals surface area (Å²) in [6.45, 7) is 0.272. The summed E-state index contributed by atoms with van der Waals surface area (Å²) in [4.78, 5) is 14.2. The van der Waals surface area contributed by atoms with Crippen molar-refractivity contribution in [2.75, 3.05) is 6.61 Å². The Bertz CT molecular complexity index is 144. The maximum absolute atomic E-state index is 10.0. The van der Waals surface area contributed by atoms with Crippen molar-refractivity contribution in [2.24, 2.45) is 11.6 Å². The van der Waals surface area contributed by atoms with Crippen molar-refractivity contribution in [1.29, 1.82) is 0 Å². The number of carbonyl (C=O) groups is 1. The molecule has 0 unspecified atom stereocenters. The SMILES string of the molecule is NOCCC=C(N)C(=O)O. The van der Waals surface area contributed by atoms with Crippen molar-refractivity contribution >= 4 is 5.97 Å². The van der Waals surface area contributed by atoms with Gasteiger partial charge in [0.05, 0.1) is 6.61 Å². The van der Waals surface area contributed by atoms with Crippen LogP contribution in [0.1, 0.15) is 6.42 Å². The molecule has 5 nitrogen and oxygen atoms in total. The predicted octanol–water partition coefficient (Wildman–Crippen LogP) is -0.806. The average Bonchev–Trinajstić information content (AvgIpc) is 1.88. The summed E-state index contributed by atoms with van der Waals surface area (Å²) in [5, 5.41) is 8.22. The van der Waals surface area contributed by atoms with E-state index in [1.165, 1.54) is 6.08 Å². The van der Waals surface area contributed by atoms with Gasteiger partial charge in [-0.2, -0.15) is 0 Å². The van der Waals surface area contributed by atoms with E-state index in [1.54, 1.807) is 0 Å². The van der Waals surface area contributed by atoms with Crippen LogP contribution < -0.4 is 11.6 Å². The van der Waals surface area contributed by atoms with Gasteiger partial charge in [0.25, 0.3) is 0 Å². The van der Waals surface area contributed by atoms with E-state index in [-0.39, 0.29) is 12.3 Å². The van der Waals surface area contributed by atoms with E-state index in [2.05, 4.69) is 10.7 Å². The first-order valence-corrected chi connectivity index (χ1v) is 2.69. The van der Waals surface area contributed by atoms with Crippen LogP contribution in [0.15, 0.2) is 11.8 Å². The number of carboxylic acid groups (broad SMARTS) is 1. The van der Waals surface area contributed by atoms with Gasteiger partial charge in [-0.25, -0.2) is 10.7 Å². The molecular weight excluding hydrogens is 136 g/mol. The molecule has 10 heavy (non-hydrogen) atoms. The van der Waals surface area contributed by atoms with Gasteiger partial charge in [-0.3, -0.25) is 0 Å². The molecular formula is C5H10N2O3. The number of carboxylic acids is 1. The van der Waals surface area contributed by atoms with E-state index in [0.717, 1.165) is 0 Å². The van der Waals surface area contributed by atoms with Gasteiger partial charge < -0.3 is 15.7 Å². The molecule has 0 rings (SSSR count). The van der Waals surface area contributed by atoms with E-state index in [9.17, 15) is 4.79 Å². The molecule has 0 saturated heterocycles. The van der Waals surface area contributed by atoms with Crippen molar-refractivity contribution in [3.8, 4) is 0 Å². The first kappa shape index (κ1) is 8.93. The van der Waals surface area contributed by atoms with Crippen LogP contribution in [0, 0.1) is 0 Å². The lowest BCUT2D eigenvalue weighted by Gasteiger charge is -1.92. The van der Waals surface area contributed by atoms with E-state index in [0.29, 0.717) is 6.42 Å². The summed E-state index contributed by atoms with van der Waals surface area (Å²) in [6, 6.07) is 0. The summed E-state index contributed by atoms with van der Waals surface area (Å²) >= 11 is 0. The van der Waals surface area contributed by atoms with E-state index in [4.69, 9.17) is 10.8 Å². The predicted molar refractivity (Wildman–Crippen MR) is 34.7 cm³/mol. The fourth-order valence-electron chi connectivity index (χ4n) is 0.370. The molecule has 5 heteroatoms. The lowest BCUT2D eigenvalue weighted by Crippen LogP contribution is -2.10. The van der Waals surface area contributed by atoms with Crippen molar-refractivity contribution in [3.05, 3.63) is 11.8 Å². The van der Waals surface area contributed by atoms with Crippen LogP contribution in [0.5, 0.6) is 0 Å². The average molecular weight is 146 g/mol. The standard InChI is InChI=1S/C5H10N2O3/c6-4(5(8)9)2-1-3-10-7/h2H,1,3,6-7H2,(H,8,9). The van der Waals surface area contributed by atoms with Gasteiger partial charge in [-0.05, 0) is 6.42 Å². The van der Waals surface area contributed by atoms with Crippen molar-refractivity contribution in [3.63, 3.8) is 0 Å². The van der Waals surface area contributed by atoms with Crippen LogP contribution in [-0.4, -0.2) is 17.7 Å². The summed E-state index contributed by atoms with van der Waals surface area (Å²) in [6.07, 6.45) is 1.75. The third kappa shape index (κ3) is 3.88. The van der Waals surface area contributed by atoms with Gasteiger partial charge in [0.15, 0.2) is 0 Å². The zero-order valence-electron chi connectivity index (χ0n) is 5.41. The number of nitrogens with two attached hydrogens (primary N) is 2. The third-order valence-corrected chi connectivity index (χ3v) is 0.847. The Kier molecular flexibility index (Phi) is 4.26. The van der Waals surface area contributed by atoms with Crippen LogP contribution >= 0.6 is 0 Å². The number of hydrogen-bond donors (Lipinski definition) is 3. The minimum atomic E-state index is -1.13. The highest BCUT2D eigenvalue weighted by Gasteiger charge is 1.97. The normalized spacial score (nSPS) is 11.5. The van der Waals surface area contributed by atoms with E-state index in [1.807, 2.05) is 0 Å². The first-order valence-electron chi connectivity index (χ1n) is 2.69. The molecule has 0 saturated carbocycles. The molecule has 0 aromatic heterocycles. The molecule has 0 heterocycles. The van der Waals surface area contributed by atoms with Crippen molar-refractivity contribution in [2.45, 2.75) is 6.42 Å². The lowest BCUT2D eigenvalue weighted by molar-refractivity contribution is -0.132. The fraction of sp³-hybridized carbons (Fsp3) is 0.400. The fourth-order valence-corrected chi connectivity index (χ4v) is 0.370. The van der Waals surface area contributed by atoms with Gasteiger partial charge >= 0.3 is 5.97 Å². The van der Waals surface area contributed by atoms with Crippen LogP contribution in [0.4, 0.5) is 0 Å². The lowest BCUT2D eigenvalue weighted by atomic mass is 10.3. The first-order chi connectivity index (χ1) is 4.68. The van der Waals surface area contributed by atoms with Gasteiger partial charge in [-0.1, -0.05) is 6.08 Å². The van der Waals surface area contributed by atoms with Gasteiger partial charge in [0.2, 0.25) is 0 Å². The molecule has 0 aliphatic carbocycles. The Balaban J connectivity index is 3.58. The maximum atomic E-state index is 10.0. The molecule has 58 valence electrons. The molecule has 0 aliphatic rings. The van der Waals surface area contributed by atoms with Crippen molar-refractivity contribution < 1.29 is 14.7 Å². The summed E-state index contributed by atoms with van der Waals surface area (Å²) in [5.41, 5.74) is 4.84. The minimum absolute atomic E-state index is 0.183. The Morgan fingerprint density at radius 1 is 1.70 bits per heavy atom.